The highest BCUT2D eigenvalue weighted by molar-refractivity contribution is 14.0. The van der Waals surface area contributed by atoms with Gasteiger partial charge in [-0.1, -0.05) is 18.2 Å². The molecule has 7 heteroatoms. The number of anilines is 1. The Morgan fingerprint density at radius 2 is 1.96 bits per heavy atom. The van der Waals surface area contributed by atoms with Crippen molar-refractivity contribution >= 4 is 45.5 Å². The van der Waals surface area contributed by atoms with E-state index in [9.17, 15) is 8.42 Å². The first kappa shape index (κ1) is 21.2. The Morgan fingerprint density at radius 3 is 2.58 bits per heavy atom. The SMILES string of the molecule is CCNC(=NCCS(=O)(=O)C(C)(C)C)N1CCc2ccccc21.I. The number of benzene rings is 1. The van der Waals surface area contributed by atoms with Gasteiger partial charge in [-0.05, 0) is 45.7 Å². The Balaban J connectivity index is 0.00000288. The third-order valence-electron chi connectivity index (χ3n) is 4.03. The molecule has 2 rings (SSSR count). The molecule has 1 N–H and O–H groups in total. The maximum absolute atomic E-state index is 12.2. The first-order valence-electron chi connectivity index (χ1n) is 8.12. The summed E-state index contributed by atoms with van der Waals surface area (Å²) >= 11 is 0. The van der Waals surface area contributed by atoms with E-state index in [2.05, 4.69) is 27.3 Å². The molecule has 0 aromatic heterocycles. The molecule has 0 amide bonds. The summed E-state index contributed by atoms with van der Waals surface area (Å²) in [5.41, 5.74) is 2.46. The molecule has 136 valence electrons. The van der Waals surface area contributed by atoms with Crippen molar-refractivity contribution < 1.29 is 8.42 Å². The zero-order valence-electron chi connectivity index (χ0n) is 14.9. The minimum Gasteiger partial charge on any atom is -0.356 e. The predicted octanol–water partition coefficient (Wildman–Crippen LogP) is 2.85. The molecular formula is C17H28IN3O2S. The van der Waals surface area contributed by atoms with Crippen molar-refractivity contribution in [3.8, 4) is 0 Å². The van der Waals surface area contributed by atoms with Crippen LogP contribution in [0.25, 0.3) is 0 Å². The molecule has 0 bridgehead atoms. The summed E-state index contributed by atoms with van der Waals surface area (Å²) in [6.45, 7) is 9.11. The van der Waals surface area contributed by atoms with Gasteiger partial charge in [-0.15, -0.1) is 24.0 Å². The summed E-state index contributed by atoms with van der Waals surface area (Å²) in [5, 5.41) is 3.27. The fourth-order valence-electron chi connectivity index (χ4n) is 2.53. The molecule has 1 aliphatic rings. The van der Waals surface area contributed by atoms with Crippen molar-refractivity contribution in [2.45, 2.75) is 38.9 Å². The van der Waals surface area contributed by atoms with Crippen LogP contribution < -0.4 is 10.2 Å². The lowest BCUT2D eigenvalue weighted by Crippen LogP contribution is -2.41. The highest BCUT2D eigenvalue weighted by Crippen LogP contribution is 2.27. The smallest absolute Gasteiger partial charge is 0.198 e. The molecule has 1 heterocycles. The number of nitrogens with zero attached hydrogens (tertiary/aromatic N) is 2. The van der Waals surface area contributed by atoms with Crippen LogP contribution in [0.5, 0.6) is 0 Å². The molecule has 24 heavy (non-hydrogen) atoms. The number of guanidine groups is 1. The minimum atomic E-state index is -3.15. The Bertz CT molecular complexity index is 681. The van der Waals surface area contributed by atoms with E-state index in [1.807, 2.05) is 19.1 Å². The fourth-order valence-corrected chi connectivity index (χ4v) is 3.47. The lowest BCUT2D eigenvalue weighted by Gasteiger charge is -2.23. The van der Waals surface area contributed by atoms with Gasteiger partial charge in [0.05, 0.1) is 17.0 Å². The van der Waals surface area contributed by atoms with Crippen LogP contribution in [0, 0.1) is 0 Å². The topological polar surface area (TPSA) is 61.8 Å². The van der Waals surface area contributed by atoms with Gasteiger partial charge < -0.3 is 10.2 Å². The van der Waals surface area contributed by atoms with E-state index in [4.69, 9.17) is 0 Å². The van der Waals surface area contributed by atoms with Crippen LogP contribution in [0.1, 0.15) is 33.3 Å². The Morgan fingerprint density at radius 1 is 1.29 bits per heavy atom. The zero-order chi connectivity index (χ0) is 17.1. The van der Waals surface area contributed by atoms with Crippen molar-refractivity contribution in [1.29, 1.82) is 0 Å². The number of para-hydroxylation sites is 1. The Kier molecular flexibility index (Phi) is 7.52. The second kappa shape index (κ2) is 8.51. The molecular weight excluding hydrogens is 437 g/mol. The third-order valence-corrected chi connectivity index (χ3v) is 6.62. The summed E-state index contributed by atoms with van der Waals surface area (Å²) in [6.07, 6.45) is 0.987. The van der Waals surface area contributed by atoms with Gasteiger partial charge in [-0.3, -0.25) is 4.99 Å². The number of hydrogen-bond donors (Lipinski definition) is 1. The zero-order valence-corrected chi connectivity index (χ0v) is 18.0. The van der Waals surface area contributed by atoms with Crippen molar-refractivity contribution in [1.82, 2.24) is 5.32 Å². The summed E-state index contributed by atoms with van der Waals surface area (Å²) in [5.74, 6) is 0.836. The second-order valence-corrected chi connectivity index (χ2v) is 9.56. The number of sulfone groups is 1. The maximum atomic E-state index is 12.2. The van der Waals surface area contributed by atoms with Crippen LogP contribution in [0.3, 0.4) is 0 Å². The van der Waals surface area contributed by atoms with Gasteiger partial charge in [0.15, 0.2) is 15.8 Å². The molecule has 0 fully saturated rings. The van der Waals surface area contributed by atoms with Gasteiger partial charge in [-0.25, -0.2) is 8.42 Å². The summed E-state index contributed by atoms with van der Waals surface area (Å²) in [4.78, 5) is 6.69. The highest BCUT2D eigenvalue weighted by Gasteiger charge is 2.28. The quantitative estimate of drug-likeness (QED) is 0.422. The van der Waals surface area contributed by atoms with E-state index in [1.165, 1.54) is 5.56 Å². The average Bonchev–Trinajstić information content (AvgIpc) is 2.89. The summed E-state index contributed by atoms with van der Waals surface area (Å²) in [6, 6.07) is 8.27. The lowest BCUT2D eigenvalue weighted by molar-refractivity contribution is 0.560. The van der Waals surface area contributed by atoms with Gasteiger partial charge >= 0.3 is 0 Å². The van der Waals surface area contributed by atoms with Crippen LogP contribution in [0.4, 0.5) is 5.69 Å². The van der Waals surface area contributed by atoms with E-state index in [1.54, 1.807) is 20.8 Å². The molecule has 5 nitrogen and oxygen atoms in total. The fraction of sp³-hybridized carbons (Fsp3) is 0.588. The second-order valence-electron chi connectivity index (χ2n) is 6.70. The standard InChI is InChI=1S/C17H27N3O2S.HI/c1-5-18-16(19-11-13-23(21,22)17(2,3)4)20-12-10-14-8-6-7-9-15(14)20;/h6-9H,5,10-13H2,1-4H3,(H,18,19);1H. The van der Waals surface area contributed by atoms with Crippen LogP contribution in [-0.2, 0) is 16.3 Å². The molecule has 0 saturated heterocycles. The molecule has 1 aliphatic heterocycles. The first-order chi connectivity index (χ1) is 10.8. The molecule has 0 spiro atoms. The first-order valence-corrected chi connectivity index (χ1v) is 9.77. The molecule has 0 unspecified atom stereocenters. The van der Waals surface area contributed by atoms with Gasteiger partial charge in [-0.2, -0.15) is 0 Å². The lowest BCUT2D eigenvalue weighted by atomic mass is 10.2. The van der Waals surface area contributed by atoms with Gasteiger partial charge in [0.2, 0.25) is 0 Å². The maximum Gasteiger partial charge on any atom is 0.198 e. The number of hydrogen-bond acceptors (Lipinski definition) is 3. The number of halogens is 1. The monoisotopic (exact) mass is 465 g/mol. The van der Waals surface area contributed by atoms with Crippen molar-refractivity contribution in [3.63, 3.8) is 0 Å². The van der Waals surface area contributed by atoms with E-state index >= 15 is 0 Å². The van der Waals surface area contributed by atoms with Crippen molar-refractivity contribution in [3.05, 3.63) is 29.8 Å². The molecule has 0 radical (unpaired) electrons. The summed E-state index contributed by atoms with van der Waals surface area (Å²) < 4.78 is 23.7. The largest absolute Gasteiger partial charge is 0.356 e. The number of rotatable bonds is 4. The molecule has 1 aromatic rings. The Labute approximate surface area is 162 Å². The average molecular weight is 465 g/mol. The molecule has 1 aromatic carbocycles. The number of fused-ring (bicyclic) bond motifs is 1. The minimum absolute atomic E-state index is 0. The van der Waals surface area contributed by atoms with Gasteiger partial charge in [0, 0.05) is 18.8 Å². The molecule has 0 aliphatic carbocycles. The highest BCUT2D eigenvalue weighted by atomic mass is 127. The van der Waals surface area contributed by atoms with Crippen molar-refractivity contribution in [2.24, 2.45) is 4.99 Å². The predicted molar refractivity (Wildman–Crippen MR) is 112 cm³/mol. The summed E-state index contributed by atoms with van der Waals surface area (Å²) in [7, 11) is -3.15. The third kappa shape index (κ3) is 4.84. The van der Waals surface area contributed by atoms with Crippen LogP contribution >= 0.6 is 24.0 Å². The van der Waals surface area contributed by atoms with E-state index in [0.29, 0.717) is 0 Å². The van der Waals surface area contributed by atoms with E-state index < -0.39 is 14.6 Å². The number of nitrogens with one attached hydrogen (secondary N) is 1. The van der Waals surface area contributed by atoms with Crippen LogP contribution in [0.15, 0.2) is 29.3 Å². The normalized spacial score (nSPS) is 15.0. The van der Waals surface area contributed by atoms with Crippen LogP contribution in [-0.4, -0.2) is 44.5 Å². The van der Waals surface area contributed by atoms with E-state index in [-0.39, 0.29) is 36.3 Å². The Hall–Kier alpha value is -0.830. The molecule has 0 atom stereocenters. The van der Waals surface area contributed by atoms with Crippen molar-refractivity contribution in [2.75, 3.05) is 30.3 Å². The van der Waals surface area contributed by atoms with E-state index in [0.717, 1.165) is 31.2 Å². The van der Waals surface area contributed by atoms with Gasteiger partial charge in [0.1, 0.15) is 0 Å². The van der Waals surface area contributed by atoms with Gasteiger partial charge in [0.25, 0.3) is 0 Å². The number of aliphatic imine (C=N–C) groups is 1. The molecule has 0 saturated carbocycles. The van der Waals surface area contributed by atoms with Crippen LogP contribution in [0.2, 0.25) is 0 Å².